The number of hydrogen-bond donors (Lipinski definition) is 0. The molecule has 2 aromatic rings. The normalized spacial score (nSPS) is 12.6. The van der Waals surface area contributed by atoms with Crippen molar-refractivity contribution in [3.8, 4) is 11.1 Å². The monoisotopic (exact) mass is 328 g/mol. The fourth-order valence-electron chi connectivity index (χ4n) is 3.36. The van der Waals surface area contributed by atoms with Crippen LogP contribution in [0.4, 0.5) is 0 Å². The number of benzene rings is 1. The molecule has 0 saturated heterocycles. The van der Waals surface area contributed by atoms with Crippen LogP contribution in [0.25, 0.3) is 11.1 Å². The molecule has 0 radical (unpaired) electrons. The van der Waals surface area contributed by atoms with Gasteiger partial charge in [0.2, 0.25) is 0 Å². The molecule has 0 fully saturated rings. The third-order valence-electron chi connectivity index (χ3n) is 5.01. The summed E-state index contributed by atoms with van der Waals surface area (Å²) in [5, 5.41) is 4.43. The summed E-state index contributed by atoms with van der Waals surface area (Å²) in [6.45, 7) is 13.2. The van der Waals surface area contributed by atoms with Gasteiger partial charge in [0.15, 0.2) is 0 Å². The van der Waals surface area contributed by atoms with Crippen molar-refractivity contribution < 1.29 is 4.74 Å². The summed E-state index contributed by atoms with van der Waals surface area (Å²) in [6.07, 6.45) is 6.41. The highest BCUT2D eigenvalue weighted by atomic mass is 16.5. The first-order chi connectivity index (χ1) is 11.3. The molecule has 3 nitrogen and oxygen atoms in total. The van der Waals surface area contributed by atoms with Crippen LogP contribution in [0.2, 0.25) is 0 Å². The van der Waals surface area contributed by atoms with E-state index >= 15 is 0 Å². The Bertz CT molecular complexity index is 655. The van der Waals surface area contributed by atoms with Gasteiger partial charge in [0, 0.05) is 18.9 Å². The summed E-state index contributed by atoms with van der Waals surface area (Å²) in [5.41, 5.74) is 4.30. The van der Waals surface area contributed by atoms with Crippen LogP contribution in [0.3, 0.4) is 0 Å². The predicted octanol–water partition coefficient (Wildman–Crippen LogP) is 5.30. The van der Waals surface area contributed by atoms with Gasteiger partial charge in [-0.05, 0) is 28.4 Å². The molecule has 0 saturated carbocycles. The smallest absolute Gasteiger partial charge is 0.0658 e. The maximum atomic E-state index is 5.12. The fraction of sp³-hybridized carbons (Fsp3) is 0.571. The van der Waals surface area contributed by atoms with E-state index in [0.29, 0.717) is 12.0 Å². The summed E-state index contributed by atoms with van der Waals surface area (Å²) < 4.78 is 7.06. The predicted molar refractivity (Wildman–Crippen MR) is 101 cm³/mol. The van der Waals surface area contributed by atoms with E-state index in [-0.39, 0.29) is 5.41 Å². The SMILES string of the molecule is CCC(C)(C)CC(C)(C)c1cccc(-c2cnn(CCOC)c2)c1. The van der Waals surface area contributed by atoms with Gasteiger partial charge in [-0.2, -0.15) is 5.10 Å². The van der Waals surface area contributed by atoms with Gasteiger partial charge < -0.3 is 4.74 Å². The third-order valence-corrected chi connectivity index (χ3v) is 5.01. The average Bonchev–Trinajstić information content (AvgIpc) is 3.01. The first kappa shape index (κ1) is 18.7. The van der Waals surface area contributed by atoms with Crippen LogP contribution in [0.15, 0.2) is 36.7 Å². The molecule has 0 atom stereocenters. The van der Waals surface area contributed by atoms with Gasteiger partial charge in [-0.15, -0.1) is 0 Å². The number of aromatic nitrogens is 2. The Morgan fingerprint density at radius 1 is 1.12 bits per heavy atom. The van der Waals surface area contributed by atoms with E-state index in [9.17, 15) is 0 Å². The van der Waals surface area contributed by atoms with Gasteiger partial charge >= 0.3 is 0 Å². The largest absolute Gasteiger partial charge is 0.383 e. The molecule has 2 rings (SSSR count). The molecule has 0 unspecified atom stereocenters. The lowest BCUT2D eigenvalue weighted by Crippen LogP contribution is -2.26. The van der Waals surface area contributed by atoms with Gasteiger partial charge in [-0.3, -0.25) is 4.68 Å². The lowest BCUT2D eigenvalue weighted by Gasteiger charge is -2.35. The van der Waals surface area contributed by atoms with Crippen molar-refractivity contribution in [2.75, 3.05) is 13.7 Å². The minimum Gasteiger partial charge on any atom is -0.383 e. The van der Waals surface area contributed by atoms with Gasteiger partial charge in [-0.25, -0.2) is 0 Å². The molecule has 24 heavy (non-hydrogen) atoms. The van der Waals surface area contributed by atoms with Crippen LogP contribution >= 0.6 is 0 Å². The van der Waals surface area contributed by atoms with E-state index in [1.807, 2.05) is 10.9 Å². The Balaban J connectivity index is 2.23. The summed E-state index contributed by atoms with van der Waals surface area (Å²) >= 11 is 0. The molecular formula is C21H32N2O. The molecule has 132 valence electrons. The lowest BCUT2D eigenvalue weighted by atomic mass is 9.70. The van der Waals surface area contributed by atoms with Crippen molar-refractivity contribution >= 4 is 0 Å². The number of hydrogen-bond acceptors (Lipinski definition) is 2. The van der Waals surface area contributed by atoms with Crippen LogP contribution in [-0.4, -0.2) is 23.5 Å². The average molecular weight is 329 g/mol. The van der Waals surface area contributed by atoms with Gasteiger partial charge in [0.25, 0.3) is 0 Å². The molecular weight excluding hydrogens is 296 g/mol. The van der Waals surface area contributed by atoms with E-state index in [1.54, 1.807) is 7.11 Å². The zero-order valence-corrected chi connectivity index (χ0v) is 16.1. The van der Waals surface area contributed by atoms with Crippen molar-refractivity contribution in [1.29, 1.82) is 0 Å². The molecule has 1 aromatic heterocycles. The highest BCUT2D eigenvalue weighted by Crippen LogP contribution is 2.39. The molecule has 1 heterocycles. The summed E-state index contributed by atoms with van der Waals surface area (Å²) in [5.74, 6) is 0. The third kappa shape index (κ3) is 4.70. The first-order valence-electron chi connectivity index (χ1n) is 8.90. The Morgan fingerprint density at radius 3 is 2.54 bits per heavy atom. The Labute approximate surface area is 147 Å². The van der Waals surface area contributed by atoms with Gasteiger partial charge in [0.1, 0.15) is 0 Å². The molecule has 1 aromatic carbocycles. The maximum absolute atomic E-state index is 5.12. The highest BCUT2D eigenvalue weighted by Gasteiger charge is 2.29. The second-order valence-electron chi connectivity index (χ2n) is 8.14. The lowest BCUT2D eigenvalue weighted by molar-refractivity contribution is 0.183. The van der Waals surface area contributed by atoms with E-state index in [2.05, 4.69) is 70.2 Å². The number of ether oxygens (including phenoxy) is 1. The van der Waals surface area contributed by atoms with Gasteiger partial charge in [-0.1, -0.05) is 65.3 Å². The van der Waals surface area contributed by atoms with Crippen molar-refractivity contribution in [3.05, 3.63) is 42.2 Å². The molecule has 0 aliphatic carbocycles. The zero-order valence-electron chi connectivity index (χ0n) is 16.1. The van der Waals surface area contributed by atoms with Crippen molar-refractivity contribution in [1.82, 2.24) is 9.78 Å². The van der Waals surface area contributed by atoms with E-state index in [4.69, 9.17) is 4.74 Å². The minimum absolute atomic E-state index is 0.154. The summed E-state index contributed by atoms with van der Waals surface area (Å²) in [6, 6.07) is 8.91. The van der Waals surface area contributed by atoms with E-state index in [0.717, 1.165) is 6.54 Å². The van der Waals surface area contributed by atoms with Crippen LogP contribution in [0.1, 0.15) is 53.0 Å². The summed E-state index contributed by atoms with van der Waals surface area (Å²) in [4.78, 5) is 0. The maximum Gasteiger partial charge on any atom is 0.0658 e. The molecule has 3 heteroatoms. The van der Waals surface area contributed by atoms with E-state index in [1.165, 1.54) is 29.5 Å². The molecule has 0 amide bonds. The Hall–Kier alpha value is -1.61. The minimum atomic E-state index is 0.154. The van der Waals surface area contributed by atoms with Crippen molar-refractivity contribution in [2.45, 2.75) is 59.4 Å². The Morgan fingerprint density at radius 2 is 1.88 bits per heavy atom. The second-order valence-corrected chi connectivity index (χ2v) is 8.14. The highest BCUT2D eigenvalue weighted by molar-refractivity contribution is 5.63. The Kier molecular flexibility index (Phi) is 5.87. The number of rotatable bonds is 8. The number of methoxy groups -OCH3 is 1. The quantitative estimate of drug-likeness (QED) is 0.657. The van der Waals surface area contributed by atoms with Crippen LogP contribution < -0.4 is 0 Å². The topological polar surface area (TPSA) is 27.1 Å². The number of nitrogens with zero attached hydrogens (tertiary/aromatic N) is 2. The van der Waals surface area contributed by atoms with Crippen molar-refractivity contribution in [3.63, 3.8) is 0 Å². The zero-order chi connectivity index (χ0) is 17.8. The molecule has 0 aliphatic heterocycles. The van der Waals surface area contributed by atoms with Gasteiger partial charge in [0.05, 0.1) is 19.3 Å². The first-order valence-corrected chi connectivity index (χ1v) is 8.90. The van der Waals surface area contributed by atoms with Crippen molar-refractivity contribution in [2.24, 2.45) is 5.41 Å². The van der Waals surface area contributed by atoms with E-state index < -0.39 is 0 Å². The molecule has 0 aliphatic rings. The standard InChI is InChI=1S/C21H32N2O/c1-7-20(2,3)16-21(4,5)19-10-8-9-17(13-19)18-14-22-23(15-18)11-12-24-6/h8-10,13-15H,7,11-12,16H2,1-6H3. The molecule has 0 N–H and O–H groups in total. The fourth-order valence-corrected chi connectivity index (χ4v) is 3.36. The van der Waals surface area contributed by atoms with Crippen LogP contribution in [-0.2, 0) is 16.7 Å². The van der Waals surface area contributed by atoms with Crippen LogP contribution in [0, 0.1) is 5.41 Å². The van der Waals surface area contributed by atoms with Crippen LogP contribution in [0.5, 0.6) is 0 Å². The second kappa shape index (κ2) is 7.52. The summed E-state index contributed by atoms with van der Waals surface area (Å²) in [7, 11) is 1.72. The molecule has 0 bridgehead atoms. The molecule has 0 spiro atoms.